The van der Waals surface area contributed by atoms with Gasteiger partial charge in [-0.15, -0.1) is 0 Å². The molecular weight excluding hydrogens is 634 g/mol. The third-order valence-electron chi connectivity index (χ3n) is 8.35. The van der Waals surface area contributed by atoms with E-state index in [0.717, 1.165) is 22.9 Å². The number of nitrogens with zero attached hydrogens (tertiary/aromatic N) is 5. The zero-order chi connectivity index (χ0) is 34.1. The van der Waals surface area contributed by atoms with Crippen molar-refractivity contribution >= 4 is 33.3 Å². The second-order valence-corrected chi connectivity index (χ2v) is 11.3. The average molecular weight is 666 g/mol. The van der Waals surface area contributed by atoms with Gasteiger partial charge < -0.3 is 28.6 Å². The van der Waals surface area contributed by atoms with Crippen LogP contribution in [0.1, 0.15) is 15.9 Å². The number of aromatic nitrogens is 3. The van der Waals surface area contributed by atoms with Gasteiger partial charge in [0.05, 0.1) is 48.1 Å². The molecular formula is C34H31F4N5O5. The second kappa shape index (κ2) is 13.5. The number of carbonyl (C=O) groups excluding carboxylic acids is 1. The molecule has 0 bridgehead atoms. The molecule has 10 nitrogen and oxygen atoms in total. The zero-order valence-electron chi connectivity index (χ0n) is 26.4. The first-order valence-electron chi connectivity index (χ1n) is 15.0. The molecule has 0 N–H and O–H groups in total. The molecule has 0 unspecified atom stereocenters. The van der Waals surface area contributed by atoms with Crippen LogP contribution in [0.15, 0.2) is 53.7 Å². The molecule has 0 saturated carbocycles. The second-order valence-electron chi connectivity index (χ2n) is 11.3. The van der Waals surface area contributed by atoms with E-state index in [9.17, 15) is 14.0 Å². The molecule has 48 heavy (non-hydrogen) atoms. The topological polar surface area (TPSA) is 99.0 Å². The van der Waals surface area contributed by atoms with Crippen LogP contribution in [0.5, 0.6) is 23.1 Å². The molecule has 0 spiro atoms. The van der Waals surface area contributed by atoms with Gasteiger partial charge in [-0.2, -0.15) is 0 Å². The number of ether oxygens (including phenoxy) is 3. The van der Waals surface area contributed by atoms with Crippen molar-refractivity contribution in [1.29, 1.82) is 0 Å². The Hall–Kier alpha value is -5.24. The number of rotatable bonds is 10. The maximum atomic E-state index is 15.9. The highest BCUT2D eigenvalue weighted by atomic mass is 19.1. The number of aryl methyl sites for hydroxylation is 1. The molecule has 3 aromatic carbocycles. The van der Waals surface area contributed by atoms with E-state index in [-0.39, 0.29) is 40.3 Å². The van der Waals surface area contributed by atoms with Crippen molar-refractivity contribution in [2.24, 2.45) is 0 Å². The van der Waals surface area contributed by atoms with Crippen LogP contribution in [0.4, 0.5) is 23.2 Å². The number of hydrogen-bond donors (Lipinski definition) is 0. The van der Waals surface area contributed by atoms with Gasteiger partial charge in [0.2, 0.25) is 5.88 Å². The third-order valence-corrected chi connectivity index (χ3v) is 8.35. The van der Waals surface area contributed by atoms with Gasteiger partial charge in [-0.1, -0.05) is 6.07 Å². The highest BCUT2D eigenvalue weighted by molar-refractivity contribution is 6.00. The van der Waals surface area contributed by atoms with Crippen molar-refractivity contribution in [2.45, 2.75) is 13.0 Å². The lowest BCUT2D eigenvalue weighted by molar-refractivity contribution is 0.0991. The van der Waals surface area contributed by atoms with Crippen LogP contribution in [0, 0.1) is 17.5 Å². The Morgan fingerprint density at radius 3 is 2.31 bits per heavy atom. The van der Waals surface area contributed by atoms with E-state index >= 15 is 13.2 Å². The summed E-state index contributed by atoms with van der Waals surface area (Å²) in [5.74, 6) is -2.84. The van der Waals surface area contributed by atoms with Crippen LogP contribution in [-0.4, -0.2) is 79.3 Å². The fraction of sp³-hybridized carbons (Fsp3) is 0.294. The maximum absolute atomic E-state index is 15.9. The summed E-state index contributed by atoms with van der Waals surface area (Å²) in [6.07, 6.45) is 1.91. The Bertz CT molecular complexity index is 2100. The number of halogens is 4. The molecule has 5 aromatic rings. The van der Waals surface area contributed by atoms with Crippen LogP contribution in [-0.2, 0) is 13.0 Å². The minimum Gasteiger partial charge on any atom is -0.493 e. The molecule has 2 aromatic heterocycles. The number of pyridine rings is 1. The van der Waals surface area contributed by atoms with Gasteiger partial charge >= 0.3 is 0 Å². The normalized spacial score (nSPS) is 13.7. The van der Waals surface area contributed by atoms with Gasteiger partial charge in [0.25, 0.3) is 0 Å². The van der Waals surface area contributed by atoms with Crippen molar-refractivity contribution < 1.29 is 36.6 Å². The van der Waals surface area contributed by atoms with Crippen molar-refractivity contribution in [2.75, 3.05) is 59.0 Å². The average Bonchev–Trinajstić information content (AvgIpc) is 3.07. The minimum atomic E-state index is -0.995. The van der Waals surface area contributed by atoms with Gasteiger partial charge in [0.15, 0.2) is 40.1 Å². The monoisotopic (exact) mass is 665 g/mol. The fourth-order valence-corrected chi connectivity index (χ4v) is 5.83. The summed E-state index contributed by atoms with van der Waals surface area (Å²) in [6.45, 7) is 0.578. The molecule has 0 amide bonds. The van der Waals surface area contributed by atoms with Gasteiger partial charge in [-0.25, -0.2) is 27.5 Å². The first-order valence-corrected chi connectivity index (χ1v) is 15.0. The summed E-state index contributed by atoms with van der Waals surface area (Å²) in [5.41, 5.74) is -1.23. The molecule has 6 rings (SSSR count). The van der Waals surface area contributed by atoms with E-state index in [1.807, 2.05) is 11.9 Å². The number of ketones is 1. The van der Waals surface area contributed by atoms with Gasteiger partial charge in [0, 0.05) is 44.9 Å². The lowest BCUT2D eigenvalue weighted by Crippen LogP contribution is -2.45. The van der Waals surface area contributed by atoms with Crippen molar-refractivity contribution in [3.8, 4) is 23.1 Å². The standard InChI is InChI=1S/C34H31F4N5O5/c1-41-8-10-42(11-9-41)32-24(37)14-21-31(30(32)38)43(7-6-35)17-22(33(21)45)26(44)13-19-4-5-27(23(36)12-19)48-34-20-15-28(46-2)29(47-3)16-25(20)39-18-40-34/h4-5,12,14-18H,6-11,13H2,1-3H3. The first-order chi connectivity index (χ1) is 23.1. The number of Topliss-reactive ketones (excluding diaryl/α,β-unsaturated/α-hetero) is 1. The van der Waals surface area contributed by atoms with Crippen LogP contribution >= 0.6 is 0 Å². The van der Waals surface area contributed by atoms with Crippen LogP contribution in [0.25, 0.3) is 21.8 Å². The van der Waals surface area contributed by atoms with E-state index in [2.05, 4.69) is 9.97 Å². The summed E-state index contributed by atoms with van der Waals surface area (Å²) < 4.78 is 77.7. The molecule has 1 aliphatic rings. The number of alkyl halides is 1. The van der Waals surface area contributed by atoms with Crippen molar-refractivity contribution in [1.82, 2.24) is 19.4 Å². The van der Waals surface area contributed by atoms with Crippen LogP contribution in [0.3, 0.4) is 0 Å². The number of fused-ring (bicyclic) bond motifs is 2. The predicted molar refractivity (Wildman–Crippen MR) is 171 cm³/mol. The van der Waals surface area contributed by atoms with Gasteiger partial charge in [-0.05, 0) is 36.9 Å². The number of likely N-dealkylation sites (N-methyl/N-ethyl adjacent to an activating group) is 1. The summed E-state index contributed by atoms with van der Waals surface area (Å²) in [5, 5.41) is 0.0432. The van der Waals surface area contributed by atoms with E-state index in [1.165, 1.54) is 32.7 Å². The summed E-state index contributed by atoms with van der Waals surface area (Å²) in [4.78, 5) is 38.7. The Kier molecular flexibility index (Phi) is 9.18. The Morgan fingerprint density at radius 1 is 0.896 bits per heavy atom. The lowest BCUT2D eigenvalue weighted by atomic mass is 10.0. The minimum absolute atomic E-state index is 0.0449. The SMILES string of the molecule is COc1cc2ncnc(Oc3ccc(CC(=O)c4cn(CCF)c5c(F)c(N6CCN(C)CC6)c(F)cc5c4=O)cc3F)c2cc1OC. The zero-order valence-corrected chi connectivity index (χ0v) is 26.4. The number of benzene rings is 3. The molecule has 0 aliphatic carbocycles. The molecule has 1 fully saturated rings. The molecule has 14 heteroatoms. The highest BCUT2D eigenvalue weighted by Gasteiger charge is 2.27. The summed E-state index contributed by atoms with van der Waals surface area (Å²) in [6, 6.07) is 7.93. The maximum Gasteiger partial charge on any atom is 0.230 e. The number of piperazine rings is 1. The predicted octanol–water partition coefficient (Wildman–Crippen LogP) is 5.32. The Balaban J connectivity index is 1.29. The number of hydrogen-bond acceptors (Lipinski definition) is 9. The molecule has 0 atom stereocenters. The highest BCUT2D eigenvalue weighted by Crippen LogP contribution is 2.36. The van der Waals surface area contributed by atoms with Crippen LogP contribution < -0.4 is 24.5 Å². The third kappa shape index (κ3) is 6.10. The van der Waals surface area contributed by atoms with Gasteiger partial charge in [-0.3, -0.25) is 9.59 Å². The molecule has 1 saturated heterocycles. The van der Waals surface area contributed by atoms with Crippen molar-refractivity contribution in [3.63, 3.8) is 0 Å². The Labute approximate surface area is 272 Å². The Morgan fingerprint density at radius 2 is 1.62 bits per heavy atom. The molecule has 0 radical (unpaired) electrons. The molecule has 3 heterocycles. The van der Waals surface area contributed by atoms with E-state index < -0.39 is 47.3 Å². The molecule has 1 aliphatic heterocycles. The smallest absolute Gasteiger partial charge is 0.230 e. The number of carbonyl (C=O) groups is 1. The number of methoxy groups -OCH3 is 2. The van der Waals surface area contributed by atoms with E-state index in [0.29, 0.717) is 48.6 Å². The lowest BCUT2D eigenvalue weighted by Gasteiger charge is -2.34. The summed E-state index contributed by atoms with van der Waals surface area (Å²) >= 11 is 0. The van der Waals surface area contributed by atoms with E-state index in [4.69, 9.17) is 14.2 Å². The van der Waals surface area contributed by atoms with Crippen LogP contribution in [0.2, 0.25) is 0 Å². The van der Waals surface area contributed by atoms with Gasteiger partial charge in [0.1, 0.15) is 24.5 Å². The fourth-order valence-electron chi connectivity index (χ4n) is 5.83. The largest absolute Gasteiger partial charge is 0.493 e. The quantitative estimate of drug-likeness (QED) is 0.145. The first kappa shape index (κ1) is 32.7. The molecule has 250 valence electrons. The summed E-state index contributed by atoms with van der Waals surface area (Å²) in [7, 11) is 4.84. The van der Waals surface area contributed by atoms with Crippen molar-refractivity contribution in [3.05, 3.63) is 87.7 Å². The van der Waals surface area contributed by atoms with E-state index in [1.54, 1.807) is 17.0 Å². The number of anilines is 1.